The van der Waals surface area contributed by atoms with Gasteiger partial charge in [0, 0.05) is 30.5 Å². The highest BCUT2D eigenvalue weighted by Gasteiger charge is 2.38. The molecule has 0 aliphatic carbocycles. The Labute approximate surface area is 193 Å². The van der Waals surface area contributed by atoms with Crippen molar-refractivity contribution in [3.8, 4) is 0 Å². The van der Waals surface area contributed by atoms with Crippen LogP contribution >= 0.6 is 0 Å². The second-order valence-electron chi connectivity index (χ2n) is 9.98. The van der Waals surface area contributed by atoms with Crippen LogP contribution < -0.4 is 0 Å². The molecule has 5 nitrogen and oxygen atoms in total. The summed E-state index contributed by atoms with van der Waals surface area (Å²) in [6.45, 7) is 11.7. The van der Waals surface area contributed by atoms with E-state index in [9.17, 15) is 4.79 Å². The Morgan fingerprint density at radius 3 is 2.53 bits per heavy atom. The van der Waals surface area contributed by atoms with Gasteiger partial charge in [0.2, 0.25) is 0 Å². The Kier molecular flexibility index (Phi) is 8.30. The zero-order chi connectivity index (χ0) is 23.1. The summed E-state index contributed by atoms with van der Waals surface area (Å²) in [5, 5.41) is 0. The van der Waals surface area contributed by atoms with Gasteiger partial charge in [-0.2, -0.15) is 0 Å². The minimum Gasteiger partial charge on any atom is -0.444 e. The molecule has 0 bridgehead atoms. The largest absolute Gasteiger partial charge is 0.444 e. The number of carbonyl (C=O) groups is 1. The fourth-order valence-corrected chi connectivity index (χ4v) is 4.31. The van der Waals surface area contributed by atoms with Crippen LogP contribution in [0.1, 0.15) is 56.1 Å². The van der Waals surface area contributed by atoms with Crippen molar-refractivity contribution in [1.29, 1.82) is 0 Å². The lowest BCUT2D eigenvalue weighted by molar-refractivity contribution is 0.0171. The summed E-state index contributed by atoms with van der Waals surface area (Å²) in [5.41, 5.74) is 4.17. The molecule has 1 amide bonds. The topological polar surface area (TPSA) is 51.7 Å². The summed E-state index contributed by atoms with van der Waals surface area (Å²) in [4.78, 5) is 19.2. The van der Waals surface area contributed by atoms with Crippen LogP contribution in [0.4, 0.5) is 4.79 Å². The van der Waals surface area contributed by atoms with Crippen LogP contribution in [0, 0.1) is 19.8 Å². The summed E-state index contributed by atoms with van der Waals surface area (Å²) in [5.74, 6) is 0.213. The number of unbranched alkanes of at least 4 members (excludes halogenated alkanes) is 1. The number of hydrogen-bond acceptors (Lipinski definition) is 4. The van der Waals surface area contributed by atoms with Crippen molar-refractivity contribution in [1.82, 2.24) is 9.88 Å². The van der Waals surface area contributed by atoms with Gasteiger partial charge < -0.3 is 14.4 Å². The maximum absolute atomic E-state index is 12.7. The lowest BCUT2D eigenvalue weighted by atomic mass is 9.98. The van der Waals surface area contributed by atoms with Crippen LogP contribution in [0.5, 0.6) is 0 Å². The van der Waals surface area contributed by atoms with Crippen LogP contribution in [0.2, 0.25) is 0 Å². The number of amides is 1. The fraction of sp³-hybridized carbons (Fsp3) is 0.556. The molecule has 1 aliphatic heterocycles. The molecule has 1 aromatic carbocycles. The summed E-state index contributed by atoms with van der Waals surface area (Å²) in [6, 6.07) is 14.8. The van der Waals surface area contributed by atoms with Crippen LogP contribution in [-0.2, 0) is 22.3 Å². The third-order valence-electron chi connectivity index (χ3n) is 5.69. The van der Waals surface area contributed by atoms with E-state index >= 15 is 0 Å². The Bertz CT molecular complexity index is 856. The van der Waals surface area contributed by atoms with Gasteiger partial charge in [-0.1, -0.05) is 30.3 Å². The monoisotopic (exact) mass is 438 g/mol. The average Bonchev–Trinajstić information content (AvgIpc) is 3.09. The van der Waals surface area contributed by atoms with Gasteiger partial charge in [-0.3, -0.25) is 4.98 Å². The standard InChI is InChI=1S/C27H38N2O3/c1-20-15-21(2)28-24(16-20)17-23-18-29(26(30)32-27(3,4)5)19-25(23)31-14-10-9-13-22-11-7-6-8-12-22/h6-8,11-12,15-16,23,25H,9-10,13-14,17-19H2,1-5H3/t23-,25+/m1/s1. The van der Waals surface area contributed by atoms with Gasteiger partial charge in [-0.25, -0.2) is 4.79 Å². The van der Waals surface area contributed by atoms with Crippen molar-refractivity contribution in [3.63, 3.8) is 0 Å². The number of carbonyl (C=O) groups excluding carboxylic acids is 1. The number of pyridine rings is 1. The third kappa shape index (κ3) is 7.63. The van der Waals surface area contributed by atoms with E-state index in [1.165, 1.54) is 11.1 Å². The number of aryl methyl sites for hydroxylation is 3. The minimum absolute atomic E-state index is 0.00172. The van der Waals surface area contributed by atoms with E-state index in [4.69, 9.17) is 14.5 Å². The maximum Gasteiger partial charge on any atom is 0.410 e. The summed E-state index contributed by atoms with van der Waals surface area (Å²) >= 11 is 0. The summed E-state index contributed by atoms with van der Waals surface area (Å²) in [6.07, 6.45) is 3.71. The molecule has 1 fully saturated rings. The maximum atomic E-state index is 12.7. The van der Waals surface area contributed by atoms with Crippen LogP contribution in [0.25, 0.3) is 0 Å². The molecular weight excluding hydrogens is 400 g/mol. The van der Waals surface area contributed by atoms with E-state index in [0.29, 0.717) is 19.7 Å². The Morgan fingerprint density at radius 1 is 1.09 bits per heavy atom. The number of rotatable bonds is 8. The van der Waals surface area contributed by atoms with Gasteiger partial charge >= 0.3 is 6.09 Å². The third-order valence-corrected chi connectivity index (χ3v) is 5.69. The van der Waals surface area contributed by atoms with Crippen LogP contribution in [0.15, 0.2) is 42.5 Å². The van der Waals surface area contributed by atoms with Gasteiger partial charge in [0.15, 0.2) is 0 Å². The molecule has 0 N–H and O–H groups in total. The van der Waals surface area contributed by atoms with E-state index in [0.717, 1.165) is 37.1 Å². The number of benzene rings is 1. The Balaban J connectivity index is 1.58. The zero-order valence-electron chi connectivity index (χ0n) is 20.3. The molecule has 0 unspecified atom stereocenters. The van der Waals surface area contributed by atoms with E-state index < -0.39 is 5.60 Å². The van der Waals surface area contributed by atoms with E-state index in [2.05, 4.69) is 43.3 Å². The lowest BCUT2D eigenvalue weighted by Crippen LogP contribution is -2.36. The van der Waals surface area contributed by atoms with E-state index in [-0.39, 0.29) is 18.1 Å². The molecule has 2 heterocycles. The highest BCUT2D eigenvalue weighted by atomic mass is 16.6. The van der Waals surface area contributed by atoms with Crippen molar-refractivity contribution < 1.29 is 14.3 Å². The Hall–Kier alpha value is -2.40. The minimum atomic E-state index is -0.502. The average molecular weight is 439 g/mol. The second kappa shape index (κ2) is 11.0. The Morgan fingerprint density at radius 2 is 1.84 bits per heavy atom. The van der Waals surface area contributed by atoms with Gasteiger partial charge in [0.25, 0.3) is 0 Å². The van der Waals surface area contributed by atoms with E-state index in [1.807, 2.05) is 33.8 Å². The first kappa shape index (κ1) is 24.2. The highest BCUT2D eigenvalue weighted by Crippen LogP contribution is 2.26. The van der Waals surface area contributed by atoms with Gasteiger partial charge in [-0.05, 0) is 83.6 Å². The molecule has 174 valence electrons. The summed E-state index contributed by atoms with van der Waals surface area (Å²) < 4.78 is 11.9. The second-order valence-corrected chi connectivity index (χ2v) is 9.98. The molecule has 3 rings (SSSR count). The molecule has 2 aromatic rings. The van der Waals surface area contributed by atoms with E-state index in [1.54, 1.807) is 4.90 Å². The number of aromatic nitrogens is 1. The quantitative estimate of drug-likeness (QED) is 0.510. The lowest BCUT2D eigenvalue weighted by Gasteiger charge is -2.24. The first-order valence-electron chi connectivity index (χ1n) is 11.8. The number of likely N-dealkylation sites (tertiary alicyclic amines) is 1. The molecule has 0 saturated carbocycles. The first-order valence-corrected chi connectivity index (χ1v) is 11.8. The molecule has 1 saturated heterocycles. The first-order chi connectivity index (χ1) is 15.2. The van der Waals surface area contributed by atoms with Crippen LogP contribution in [0.3, 0.4) is 0 Å². The van der Waals surface area contributed by atoms with Gasteiger partial charge in [-0.15, -0.1) is 0 Å². The van der Waals surface area contributed by atoms with Gasteiger partial charge in [0.05, 0.1) is 12.6 Å². The number of nitrogens with zero attached hydrogens (tertiary/aromatic N) is 2. The number of ether oxygens (including phenoxy) is 2. The molecule has 1 aliphatic rings. The predicted octanol–water partition coefficient (Wildman–Crippen LogP) is 5.52. The molecule has 0 radical (unpaired) electrons. The van der Waals surface area contributed by atoms with Crippen molar-refractivity contribution in [2.24, 2.45) is 5.92 Å². The molecule has 2 atom stereocenters. The van der Waals surface area contributed by atoms with Crippen LogP contribution in [-0.4, -0.2) is 47.4 Å². The van der Waals surface area contributed by atoms with Crippen molar-refractivity contribution in [2.75, 3.05) is 19.7 Å². The normalized spacial score (nSPS) is 18.7. The number of hydrogen-bond donors (Lipinski definition) is 0. The fourth-order valence-electron chi connectivity index (χ4n) is 4.31. The molecular formula is C27H38N2O3. The zero-order valence-corrected chi connectivity index (χ0v) is 20.3. The summed E-state index contributed by atoms with van der Waals surface area (Å²) in [7, 11) is 0. The molecule has 0 spiro atoms. The highest BCUT2D eigenvalue weighted by molar-refractivity contribution is 5.68. The molecule has 32 heavy (non-hydrogen) atoms. The predicted molar refractivity (Wildman–Crippen MR) is 128 cm³/mol. The smallest absolute Gasteiger partial charge is 0.410 e. The van der Waals surface area contributed by atoms with Crippen molar-refractivity contribution >= 4 is 6.09 Å². The van der Waals surface area contributed by atoms with Gasteiger partial charge in [0.1, 0.15) is 5.60 Å². The molecule has 5 heteroatoms. The van der Waals surface area contributed by atoms with Crippen molar-refractivity contribution in [2.45, 2.75) is 72.0 Å². The molecule has 1 aromatic heterocycles. The SMILES string of the molecule is Cc1cc(C)nc(C[C@@H]2CN(C(=O)OC(C)(C)C)C[C@@H]2OCCCCc2ccccc2)c1. The van der Waals surface area contributed by atoms with Crippen molar-refractivity contribution in [3.05, 3.63) is 65.0 Å².